The lowest BCUT2D eigenvalue weighted by atomic mass is 9.76. The van der Waals surface area contributed by atoms with E-state index in [9.17, 15) is 14.7 Å². The number of anilines is 1. The molecule has 47 heavy (non-hydrogen) atoms. The molecule has 252 valence electrons. The molecule has 2 aromatic carbocycles. The maximum Gasteiger partial charge on any atom is 0.308 e. The minimum Gasteiger partial charge on any atom is -0.481 e. The van der Waals surface area contributed by atoms with Crippen LogP contribution in [0.1, 0.15) is 74.1 Å². The standard InChI is InChI=1S/C38H47FN2O6/c1-4-24-16-23(3)17-25(5-2)35(24)40-33(42)21-41-20-30(29-18-31(39)37-32(19-29)46-22-47-37)34(38(43)44)36(41)28-11-9-27(10-12-28)26-8-6-7-14-45-15-13-26/h9-11,16-19,26,28,30,34,36H,4-8,12-15,20-22H2,1-3H3,(H,40,42)(H,43,44)/t26?,28-,30-,34-,36+/m1/s1. The van der Waals surface area contributed by atoms with E-state index in [0.717, 1.165) is 74.1 Å². The Morgan fingerprint density at radius 1 is 1.04 bits per heavy atom. The number of rotatable bonds is 9. The van der Waals surface area contributed by atoms with E-state index >= 15 is 4.39 Å². The molecule has 0 bridgehead atoms. The van der Waals surface area contributed by atoms with E-state index < -0.39 is 29.7 Å². The summed E-state index contributed by atoms with van der Waals surface area (Å²) in [6, 6.07) is 6.81. The van der Waals surface area contributed by atoms with Crippen LogP contribution in [-0.4, -0.2) is 61.0 Å². The van der Waals surface area contributed by atoms with E-state index in [0.29, 0.717) is 24.4 Å². The zero-order valence-electron chi connectivity index (χ0n) is 27.7. The minimum atomic E-state index is -0.957. The molecule has 2 aromatic rings. The summed E-state index contributed by atoms with van der Waals surface area (Å²) in [6.45, 7) is 8.03. The van der Waals surface area contributed by atoms with Gasteiger partial charge in [-0.15, -0.1) is 0 Å². The SMILES string of the molecule is CCc1cc(C)cc(CC)c1NC(=O)CN1C[C@H](c2cc(F)c3c(c2)OCO3)[C@@H](C(=O)O)[C@@H]1[C@@H]1C=CC(C2CCCCOCC2)=CC1. The van der Waals surface area contributed by atoms with Crippen LogP contribution >= 0.6 is 0 Å². The number of ether oxygens (including phenoxy) is 3. The van der Waals surface area contributed by atoms with Crippen molar-refractivity contribution in [1.29, 1.82) is 0 Å². The summed E-state index contributed by atoms with van der Waals surface area (Å²) in [7, 11) is 0. The van der Waals surface area contributed by atoms with Crippen LogP contribution in [-0.2, 0) is 27.2 Å². The molecule has 3 heterocycles. The number of nitrogens with zero attached hydrogens (tertiary/aromatic N) is 1. The Morgan fingerprint density at radius 3 is 2.53 bits per heavy atom. The zero-order chi connectivity index (χ0) is 33.1. The highest BCUT2D eigenvalue weighted by atomic mass is 19.1. The number of benzene rings is 2. The summed E-state index contributed by atoms with van der Waals surface area (Å²) >= 11 is 0. The minimum absolute atomic E-state index is 0.0268. The maximum atomic E-state index is 15.1. The van der Waals surface area contributed by atoms with E-state index in [1.165, 1.54) is 11.6 Å². The third-order valence-corrected chi connectivity index (χ3v) is 10.4. The Labute approximate surface area is 277 Å². The number of fused-ring (bicyclic) bond motifs is 1. The van der Waals surface area contributed by atoms with E-state index in [2.05, 4.69) is 56.4 Å². The summed E-state index contributed by atoms with van der Waals surface area (Å²) in [5.41, 5.74) is 5.99. The second kappa shape index (κ2) is 14.6. The van der Waals surface area contributed by atoms with E-state index in [4.69, 9.17) is 14.2 Å². The van der Waals surface area contributed by atoms with Crippen molar-refractivity contribution in [2.75, 3.05) is 38.4 Å². The molecule has 0 saturated carbocycles. The largest absolute Gasteiger partial charge is 0.481 e. The van der Waals surface area contributed by atoms with Crippen LogP contribution in [0, 0.1) is 30.5 Å². The van der Waals surface area contributed by atoms with Crippen LogP contribution in [0.15, 0.2) is 48.1 Å². The van der Waals surface area contributed by atoms with Crippen molar-refractivity contribution in [1.82, 2.24) is 4.90 Å². The molecule has 2 saturated heterocycles. The molecule has 6 rings (SSSR count). The molecule has 0 spiro atoms. The number of hydrogen-bond donors (Lipinski definition) is 2. The van der Waals surface area contributed by atoms with Crippen LogP contribution in [0.3, 0.4) is 0 Å². The molecular formula is C38H47FN2O6. The quantitative estimate of drug-likeness (QED) is 0.309. The summed E-state index contributed by atoms with van der Waals surface area (Å²) in [6.07, 6.45) is 13.1. The number of aryl methyl sites for hydroxylation is 3. The second-order valence-electron chi connectivity index (χ2n) is 13.4. The molecule has 5 atom stereocenters. The van der Waals surface area contributed by atoms with Gasteiger partial charge in [-0.1, -0.05) is 56.2 Å². The van der Waals surface area contributed by atoms with Crippen LogP contribution in [0.25, 0.3) is 0 Å². The van der Waals surface area contributed by atoms with Gasteiger partial charge in [0, 0.05) is 37.4 Å². The summed E-state index contributed by atoms with van der Waals surface area (Å²) in [5, 5.41) is 13.9. The second-order valence-corrected chi connectivity index (χ2v) is 13.4. The van der Waals surface area contributed by atoms with Crippen molar-refractivity contribution in [3.8, 4) is 11.5 Å². The molecule has 1 unspecified atom stereocenters. The molecule has 1 amide bonds. The van der Waals surface area contributed by atoms with Gasteiger partial charge in [-0.3, -0.25) is 14.5 Å². The molecule has 9 heteroatoms. The fourth-order valence-corrected chi connectivity index (χ4v) is 8.13. The number of carbonyl (C=O) groups excluding carboxylic acids is 1. The molecule has 1 aliphatic carbocycles. The Hall–Kier alpha value is -3.69. The molecule has 3 aliphatic heterocycles. The summed E-state index contributed by atoms with van der Waals surface area (Å²) < 4.78 is 31.7. The van der Waals surface area contributed by atoms with Gasteiger partial charge in [0.1, 0.15) is 0 Å². The lowest BCUT2D eigenvalue weighted by Crippen LogP contribution is -2.44. The number of amides is 1. The number of carboxylic acids is 1. The highest BCUT2D eigenvalue weighted by Crippen LogP contribution is 2.46. The molecule has 4 aliphatic rings. The molecule has 0 aromatic heterocycles. The van der Waals surface area contributed by atoms with E-state index in [1.807, 2.05) is 4.90 Å². The van der Waals surface area contributed by atoms with E-state index in [1.54, 1.807) is 6.07 Å². The predicted octanol–water partition coefficient (Wildman–Crippen LogP) is 6.80. The first kappa shape index (κ1) is 33.2. The maximum absolute atomic E-state index is 15.1. The number of likely N-dealkylation sites (tertiary alicyclic amines) is 1. The van der Waals surface area contributed by atoms with Crippen LogP contribution in [0.2, 0.25) is 0 Å². The summed E-state index contributed by atoms with van der Waals surface area (Å²) in [4.78, 5) is 29.0. The highest BCUT2D eigenvalue weighted by Gasteiger charge is 2.50. The number of halogens is 1. The molecule has 0 radical (unpaired) electrons. The normalized spacial score (nSPS) is 26.0. The lowest BCUT2D eigenvalue weighted by molar-refractivity contribution is -0.143. The number of hydrogen-bond acceptors (Lipinski definition) is 6. The van der Waals surface area contributed by atoms with Gasteiger partial charge in [0.15, 0.2) is 11.6 Å². The summed E-state index contributed by atoms with van der Waals surface area (Å²) in [5.74, 6) is -2.49. The first-order chi connectivity index (χ1) is 22.8. The topological polar surface area (TPSA) is 97.3 Å². The number of carbonyl (C=O) groups is 2. The third-order valence-electron chi connectivity index (χ3n) is 10.4. The first-order valence-corrected chi connectivity index (χ1v) is 17.2. The Kier molecular flexibility index (Phi) is 10.3. The van der Waals surface area contributed by atoms with Crippen molar-refractivity contribution < 1.29 is 33.3 Å². The van der Waals surface area contributed by atoms with Gasteiger partial charge >= 0.3 is 5.97 Å². The highest BCUT2D eigenvalue weighted by molar-refractivity contribution is 5.94. The zero-order valence-corrected chi connectivity index (χ0v) is 27.7. The van der Waals surface area contributed by atoms with Crippen LogP contribution in [0.5, 0.6) is 11.5 Å². The van der Waals surface area contributed by atoms with Gasteiger partial charge in [-0.2, -0.15) is 0 Å². The fourth-order valence-electron chi connectivity index (χ4n) is 8.13. The fraction of sp³-hybridized carbons (Fsp3) is 0.526. The molecular weight excluding hydrogens is 599 g/mol. The Balaban J connectivity index is 1.30. The molecule has 2 fully saturated rings. The third kappa shape index (κ3) is 7.11. The molecule has 2 N–H and O–H groups in total. The monoisotopic (exact) mass is 646 g/mol. The van der Waals surface area contributed by atoms with Gasteiger partial charge in [0.2, 0.25) is 18.4 Å². The van der Waals surface area contributed by atoms with Crippen LogP contribution in [0.4, 0.5) is 10.1 Å². The number of nitrogens with one attached hydrogen (secondary N) is 1. The smallest absolute Gasteiger partial charge is 0.308 e. The molecule has 8 nitrogen and oxygen atoms in total. The van der Waals surface area contributed by atoms with E-state index in [-0.39, 0.29) is 36.7 Å². The van der Waals surface area contributed by atoms with Crippen LogP contribution < -0.4 is 14.8 Å². The van der Waals surface area contributed by atoms with Crippen molar-refractivity contribution in [3.63, 3.8) is 0 Å². The number of carboxylic acid groups (broad SMARTS) is 1. The van der Waals surface area contributed by atoms with Gasteiger partial charge < -0.3 is 24.6 Å². The van der Waals surface area contributed by atoms with Crippen molar-refractivity contribution in [3.05, 3.63) is 76.1 Å². The van der Waals surface area contributed by atoms with Crippen molar-refractivity contribution in [2.24, 2.45) is 17.8 Å². The van der Waals surface area contributed by atoms with Crippen molar-refractivity contribution in [2.45, 2.75) is 77.7 Å². The predicted molar refractivity (Wildman–Crippen MR) is 178 cm³/mol. The average molecular weight is 647 g/mol. The van der Waals surface area contributed by atoms with Gasteiger partial charge in [-0.25, -0.2) is 4.39 Å². The van der Waals surface area contributed by atoms with Gasteiger partial charge in [0.05, 0.1) is 12.5 Å². The number of aliphatic carboxylic acids is 1. The van der Waals surface area contributed by atoms with Crippen molar-refractivity contribution >= 4 is 17.6 Å². The van der Waals surface area contributed by atoms with Gasteiger partial charge in [0.25, 0.3) is 0 Å². The lowest BCUT2D eigenvalue weighted by Gasteiger charge is -2.34. The number of allylic oxidation sites excluding steroid dienone is 3. The van der Waals surface area contributed by atoms with Gasteiger partial charge in [-0.05, 0) is 91.7 Å². The first-order valence-electron chi connectivity index (χ1n) is 17.2. The Bertz CT molecular complexity index is 1520. The average Bonchev–Trinajstić information content (AvgIpc) is 3.67. The Morgan fingerprint density at radius 2 is 1.83 bits per heavy atom.